The number of para-hydroxylation sites is 2. The van der Waals surface area contributed by atoms with E-state index in [0.29, 0.717) is 11.5 Å². The summed E-state index contributed by atoms with van der Waals surface area (Å²) in [5.74, 6) is 0.644. The molecule has 0 aromatic heterocycles. The number of phenolic OH excluding ortho intramolecular Hbond substituents is 2. The Balaban J connectivity index is 0.000000253. The molecule has 0 radical (unpaired) electrons. The van der Waals surface area contributed by atoms with Crippen molar-refractivity contribution in [1.29, 1.82) is 0 Å². The minimum absolute atomic E-state index is 0.322. The predicted molar refractivity (Wildman–Crippen MR) is 76.9 cm³/mol. The lowest BCUT2D eigenvalue weighted by atomic mass is 10.3. The normalized spacial score (nSPS) is 8.78. The molecule has 0 aliphatic carbocycles. The first-order valence-corrected chi connectivity index (χ1v) is 5.83. The average Bonchev–Trinajstić information content (AvgIpc) is 2.41. The second-order valence-electron chi connectivity index (χ2n) is 3.13. The number of benzene rings is 2. The lowest BCUT2D eigenvalue weighted by molar-refractivity contribution is 0.475. The highest BCUT2D eigenvalue weighted by atomic mass is 35.5. The molecule has 0 spiro atoms. The number of aromatic hydroxyl groups is 2. The number of allylic oxidation sites excluding steroid dienone is 1. The largest absolute Gasteiger partial charge is 0.508 e. The Kier molecular flexibility index (Phi) is 10.3. The summed E-state index contributed by atoms with van der Waals surface area (Å²) in [6.07, 6.45) is 1.77. The highest BCUT2D eigenvalue weighted by Crippen LogP contribution is 2.03. The van der Waals surface area contributed by atoms with Crippen molar-refractivity contribution >= 4 is 11.6 Å². The van der Waals surface area contributed by atoms with Crippen molar-refractivity contribution < 1.29 is 10.2 Å². The zero-order chi connectivity index (χ0) is 13.6. The van der Waals surface area contributed by atoms with Gasteiger partial charge < -0.3 is 10.2 Å². The molecular formula is C15H17ClO2. The fourth-order valence-corrected chi connectivity index (χ4v) is 0.856. The average molecular weight is 265 g/mol. The first kappa shape index (κ1) is 16.1. The zero-order valence-corrected chi connectivity index (χ0v) is 11.0. The predicted octanol–water partition coefficient (Wildman–Crippen LogP) is 4.54. The number of rotatable bonds is 0. The maximum absolute atomic E-state index is 8.63. The van der Waals surface area contributed by atoms with Crippen LogP contribution < -0.4 is 0 Å². The van der Waals surface area contributed by atoms with E-state index >= 15 is 0 Å². The molecule has 2 N–H and O–H groups in total. The van der Waals surface area contributed by atoms with E-state index in [-0.39, 0.29) is 0 Å². The van der Waals surface area contributed by atoms with Crippen molar-refractivity contribution in [2.75, 3.05) is 0 Å². The number of halogens is 1. The summed E-state index contributed by atoms with van der Waals surface area (Å²) in [4.78, 5) is 0. The van der Waals surface area contributed by atoms with Gasteiger partial charge in [-0.3, -0.25) is 0 Å². The summed E-state index contributed by atoms with van der Waals surface area (Å²) in [5, 5.41) is 17.3. The Morgan fingerprint density at radius 1 is 0.778 bits per heavy atom. The summed E-state index contributed by atoms with van der Waals surface area (Å²) < 4.78 is 0. The fraction of sp³-hybridized carbons (Fsp3) is 0.0667. The van der Waals surface area contributed by atoms with Gasteiger partial charge in [0, 0.05) is 0 Å². The molecule has 18 heavy (non-hydrogen) atoms. The molecule has 0 bridgehead atoms. The van der Waals surface area contributed by atoms with Crippen LogP contribution in [-0.4, -0.2) is 10.2 Å². The molecular weight excluding hydrogens is 248 g/mol. The van der Waals surface area contributed by atoms with Crippen LogP contribution in [0.4, 0.5) is 0 Å². The number of phenols is 2. The van der Waals surface area contributed by atoms with Crippen LogP contribution in [0, 0.1) is 0 Å². The van der Waals surface area contributed by atoms with Gasteiger partial charge in [0.1, 0.15) is 11.5 Å². The highest BCUT2D eigenvalue weighted by molar-refractivity contribution is 6.25. The molecule has 0 unspecified atom stereocenters. The maximum atomic E-state index is 8.63. The minimum atomic E-state index is 0.322. The van der Waals surface area contributed by atoms with Gasteiger partial charge in [-0.2, -0.15) is 0 Å². The highest BCUT2D eigenvalue weighted by Gasteiger charge is 1.75. The molecule has 0 fully saturated rings. The third kappa shape index (κ3) is 10.6. The van der Waals surface area contributed by atoms with Gasteiger partial charge in [0.05, 0.1) is 0 Å². The standard InChI is InChI=1S/2C6H6O.C3H5Cl/c2*7-6-4-2-1-3-5-6;1-2-3-4/h2*1-5,7H;2-3H,1H3. The van der Waals surface area contributed by atoms with E-state index in [2.05, 4.69) is 0 Å². The van der Waals surface area contributed by atoms with Crippen molar-refractivity contribution in [2.45, 2.75) is 6.92 Å². The third-order valence-corrected chi connectivity index (χ3v) is 1.89. The SMILES string of the molecule is CC=CCl.Oc1ccccc1.Oc1ccccc1. The summed E-state index contributed by atoms with van der Waals surface area (Å²) >= 11 is 5.01. The van der Waals surface area contributed by atoms with Gasteiger partial charge in [-0.15, -0.1) is 0 Å². The van der Waals surface area contributed by atoms with E-state index in [1.807, 2.05) is 19.1 Å². The van der Waals surface area contributed by atoms with Crippen LogP contribution in [0.15, 0.2) is 72.3 Å². The third-order valence-electron chi connectivity index (χ3n) is 1.64. The Morgan fingerprint density at radius 3 is 1.17 bits per heavy atom. The van der Waals surface area contributed by atoms with Crippen molar-refractivity contribution in [3.8, 4) is 11.5 Å². The Labute approximate surface area is 113 Å². The number of hydrogen-bond acceptors (Lipinski definition) is 2. The molecule has 2 aromatic carbocycles. The van der Waals surface area contributed by atoms with Crippen molar-refractivity contribution in [3.63, 3.8) is 0 Å². The van der Waals surface area contributed by atoms with Crippen molar-refractivity contribution in [2.24, 2.45) is 0 Å². The first-order chi connectivity index (χ1) is 8.70. The van der Waals surface area contributed by atoms with Gasteiger partial charge in [0.15, 0.2) is 0 Å². The van der Waals surface area contributed by atoms with Crippen molar-refractivity contribution in [3.05, 3.63) is 72.3 Å². The van der Waals surface area contributed by atoms with Crippen LogP contribution in [0.1, 0.15) is 6.92 Å². The van der Waals surface area contributed by atoms with E-state index < -0.39 is 0 Å². The molecule has 0 saturated carbocycles. The fourth-order valence-electron chi connectivity index (χ4n) is 0.856. The Morgan fingerprint density at radius 2 is 1.06 bits per heavy atom. The molecule has 3 heteroatoms. The zero-order valence-electron chi connectivity index (χ0n) is 10.2. The molecule has 2 nitrogen and oxygen atoms in total. The van der Waals surface area contributed by atoms with E-state index in [0.717, 1.165) is 0 Å². The quantitative estimate of drug-likeness (QED) is 0.733. The lowest BCUT2D eigenvalue weighted by Crippen LogP contribution is -1.56. The Bertz CT molecular complexity index is 372. The van der Waals surface area contributed by atoms with Gasteiger partial charge in [0.2, 0.25) is 0 Å². The molecule has 0 atom stereocenters. The second-order valence-corrected chi connectivity index (χ2v) is 3.38. The van der Waals surface area contributed by atoms with Crippen LogP contribution >= 0.6 is 11.6 Å². The van der Waals surface area contributed by atoms with E-state index in [1.165, 1.54) is 5.54 Å². The maximum Gasteiger partial charge on any atom is 0.115 e. The van der Waals surface area contributed by atoms with E-state index in [1.54, 1.807) is 54.6 Å². The number of hydrogen-bond donors (Lipinski definition) is 2. The Hall–Kier alpha value is -1.93. The van der Waals surface area contributed by atoms with Crippen LogP contribution in [0.2, 0.25) is 0 Å². The van der Waals surface area contributed by atoms with Crippen LogP contribution in [0.5, 0.6) is 11.5 Å². The van der Waals surface area contributed by atoms with Crippen molar-refractivity contribution in [1.82, 2.24) is 0 Å². The topological polar surface area (TPSA) is 40.5 Å². The van der Waals surface area contributed by atoms with Gasteiger partial charge in [-0.1, -0.05) is 54.1 Å². The summed E-state index contributed by atoms with van der Waals surface area (Å²) in [6, 6.07) is 17.4. The molecule has 0 amide bonds. The van der Waals surface area contributed by atoms with E-state index in [9.17, 15) is 0 Å². The van der Waals surface area contributed by atoms with Gasteiger partial charge >= 0.3 is 0 Å². The molecule has 0 aliphatic rings. The first-order valence-electron chi connectivity index (χ1n) is 5.40. The van der Waals surface area contributed by atoms with Crippen LogP contribution in [0.25, 0.3) is 0 Å². The monoisotopic (exact) mass is 264 g/mol. The van der Waals surface area contributed by atoms with Gasteiger partial charge in [-0.25, -0.2) is 0 Å². The van der Waals surface area contributed by atoms with E-state index in [4.69, 9.17) is 21.8 Å². The molecule has 0 aliphatic heterocycles. The summed E-state index contributed by atoms with van der Waals surface area (Å²) in [6.45, 7) is 1.87. The molecule has 2 aromatic rings. The summed E-state index contributed by atoms with van der Waals surface area (Å²) in [7, 11) is 0. The lowest BCUT2D eigenvalue weighted by Gasteiger charge is -1.82. The molecule has 2 rings (SSSR count). The second kappa shape index (κ2) is 11.6. The van der Waals surface area contributed by atoms with Gasteiger partial charge in [0.25, 0.3) is 0 Å². The van der Waals surface area contributed by atoms with Crippen LogP contribution in [-0.2, 0) is 0 Å². The minimum Gasteiger partial charge on any atom is -0.508 e. The summed E-state index contributed by atoms with van der Waals surface area (Å²) in [5.41, 5.74) is 1.47. The smallest absolute Gasteiger partial charge is 0.115 e. The molecule has 0 saturated heterocycles. The van der Waals surface area contributed by atoms with Crippen LogP contribution in [0.3, 0.4) is 0 Å². The molecule has 0 heterocycles. The van der Waals surface area contributed by atoms with Gasteiger partial charge in [-0.05, 0) is 36.7 Å². The molecule has 96 valence electrons.